The van der Waals surface area contributed by atoms with Gasteiger partial charge in [0.1, 0.15) is 0 Å². The molecule has 21 heavy (non-hydrogen) atoms. The summed E-state index contributed by atoms with van der Waals surface area (Å²) in [6.07, 6.45) is 0.319. The molecule has 3 rings (SSSR count). The van der Waals surface area contributed by atoms with Gasteiger partial charge in [0.25, 0.3) is 0 Å². The number of hydrogen-bond donors (Lipinski definition) is 1. The van der Waals surface area contributed by atoms with Crippen LogP contribution in [0.4, 0.5) is 0 Å². The number of hydrogen-bond acceptors (Lipinski definition) is 2. The Morgan fingerprint density at radius 1 is 1.24 bits per heavy atom. The summed E-state index contributed by atoms with van der Waals surface area (Å²) in [5.74, 6) is -0.0254. The van der Waals surface area contributed by atoms with Crippen LogP contribution < -0.4 is 5.32 Å². The van der Waals surface area contributed by atoms with E-state index in [1.807, 2.05) is 42.5 Å². The Hall–Kier alpha value is -1.84. The lowest BCUT2D eigenvalue weighted by atomic mass is 9.99. The van der Waals surface area contributed by atoms with Gasteiger partial charge in [-0.3, -0.25) is 4.79 Å². The number of ether oxygens (including phenoxy) is 1. The number of benzene rings is 2. The third kappa shape index (κ3) is 3.43. The fourth-order valence-corrected chi connectivity index (χ4v) is 2.79. The predicted octanol–water partition coefficient (Wildman–Crippen LogP) is 3.27. The molecule has 0 spiro atoms. The van der Waals surface area contributed by atoms with Crippen molar-refractivity contribution in [3.8, 4) is 0 Å². The largest absolute Gasteiger partial charge is 0.374 e. The molecule has 2 aromatic rings. The average Bonchev–Trinajstić information content (AvgIpc) is 2.47. The van der Waals surface area contributed by atoms with E-state index in [0.29, 0.717) is 24.7 Å². The van der Waals surface area contributed by atoms with Gasteiger partial charge in [0.2, 0.25) is 5.91 Å². The molecule has 4 heteroatoms. The van der Waals surface area contributed by atoms with Crippen molar-refractivity contribution in [2.24, 2.45) is 0 Å². The van der Waals surface area contributed by atoms with E-state index < -0.39 is 0 Å². The fraction of sp³-hybridized carbons (Fsp3) is 0.235. The Morgan fingerprint density at radius 3 is 2.95 bits per heavy atom. The van der Waals surface area contributed by atoms with E-state index in [0.717, 1.165) is 16.7 Å². The highest BCUT2D eigenvalue weighted by Crippen LogP contribution is 2.24. The predicted molar refractivity (Wildman–Crippen MR) is 82.1 cm³/mol. The molecule has 1 amide bonds. The topological polar surface area (TPSA) is 38.3 Å². The van der Waals surface area contributed by atoms with Gasteiger partial charge in [-0.2, -0.15) is 0 Å². The number of carbonyl (C=O) groups is 1. The van der Waals surface area contributed by atoms with Gasteiger partial charge < -0.3 is 10.1 Å². The lowest BCUT2D eigenvalue weighted by molar-refractivity contribution is -0.121. The van der Waals surface area contributed by atoms with Gasteiger partial charge in [-0.1, -0.05) is 48.0 Å². The maximum Gasteiger partial charge on any atom is 0.224 e. The molecule has 1 aliphatic rings. The summed E-state index contributed by atoms with van der Waals surface area (Å²) in [5, 5.41) is 3.68. The minimum atomic E-state index is -0.0818. The fourth-order valence-electron chi connectivity index (χ4n) is 2.58. The van der Waals surface area contributed by atoms with Gasteiger partial charge in [-0.25, -0.2) is 0 Å². The van der Waals surface area contributed by atoms with Crippen molar-refractivity contribution in [1.29, 1.82) is 0 Å². The lowest BCUT2D eigenvalue weighted by Crippen LogP contribution is -2.35. The van der Waals surface area contributed by atoms with E-state index in [1.54, 1.807) is 6.07 Å². The van der Waals surface area contributed by atoms with E-state index in [-0.39, 0.29) is 11.9 Å². The van der Waals surface area contributed by atoms with E-state index in [2.05, 4.69) is 5.32 Å². The Bertz CT molecular complexity index is 657. The molecule has 108 valence electrons. The standard InChI is InChI=1S/C17H16ClNO2/c18-14-6-3-4-12(8-14)9-17(20)19-16-11-21-10-13-5-1-2-7-15(13)16/h1-8,16H,9-11H2,(H,19,20). The first kappa shape index (κ1) is 14.1. The van der Waals surface area contributed by atoms with E-state index >= 15 is 0 Å². The molecule has 0 fully saturated rings. The van der Waals surface area contributed by atoms with Crippen LogP contribution in [-0.2, 0) is 22.6 Å². The summed E-state index contributed by atoms with van der Waals surface area (Å²) in [4.78, 5) is 12.2. The van der Waals surface area contributed by atoms with Crippen molar-refractivity contribution in [3.63, 3.8) is 0 Å². The maximum absolute atomic E-state index is 12.2. The van der Waals surface area contributed by atoms with Crippen molar-refractivity contribution >= 4 is 17.5 Å². The molecule has 0 aliphatic carbocycles. The second-order valence-corrected chi connectivity index (χ2v) is 5.58. The number of rotatable bonds is 3. The molecule has 2 aromatic carbocycles. The average molecular weight is 302 g/mol. The van der Waals surface area contributed by atoms with Crippen LogP contribution in [0, 0.1) is 0 Å². The highest BCUT2D eigenvalue weighted by molar-refractivity contribution is 6.30. The van der Waals surface area contributed by atoms with E-state index in [4.69, 9.17) is 16.3 Å². The smallest absolute Gasteiger partial charge is 0.224 e. The summed E-state index contributed by atoms with van der Waals surface area (Å²) in [7, 11) is 0. The molecule has 1 unspecified atom stereocenters. The van der Waals surface area contributed by atoms with Crippen LogP contribution >= 0.6 is 11.6 Å². The number of halogens is 1. The first-order valence-electron chi connectivity index (χ1n) is 6.92. The molecule has 1 aliphatic heterocycles. The van der Waals surface area contributed by atoms with E-state index in [1.165, 1.54) is 0 Å². The summed E-state index contributed by atoms with van der Waals surface area (Å²) in [6.45, 7) is 1.12. The van der Waals surface area contributed by atoms with Crippen LogP contribution in [0.15, 0.2) is 48.5 Å². The SMILES string of the molecule is O=C(Cc1cccc(Cl)c1)NC1COCc2ccccc21. The van der Waals surface area contributed by atoms with Crippen LogP contribution in [0.2, 0.25) is 5.02 Å². The van der Waals surface area contributed by atoms with Crippen molar-refractivity contribution in [1.82, 2.24) is 5.32 Å². The summed E-state index contributed by atoms with van der Waals surface area (Å²) in [6, 6.07) is 15.3. The van der Waals surface area contributed by atoms with Crippen molar-refractivity contribution in [2.75, 3.05) is 6.61 Å². The first-order chi connectivity index (χ1) is 10.2. The number of nitrogens with one attached hydrogen (secondary N) is 1. The van der Waals surface area contributed by atoms with Crippen LogP contribution in [0.5, 0.6) is 0 Å². The zero-order valence-electron chi connectivity index (χ0n) is 11.5. The van der Waals surface area contributed by atoms with Crippen LogP contribution in [0.1, 0.15) is 22.7 Å². The summed E-state index contributed by atoms with van der Waals surface area (Å²) >= 11 is 5.94. The van der Waals surface area contributed by atoms with Gasteiger partial charge in [0.15, 0.2) is 0 Å². The molecular formula is C17H16ClNO2. The van der Waals surface area contributed by atoms with Gasteiger partial charge in [0.05, 0.1) is 25.7 Å². The molecular weight excluding hydrogens is 286 g/mol. The monoisotopic (exact) mass is 301 g/mol. The van der Waals surface area contributed by atoms with Crippen LogP contribution in [0.3, 0.4) is 0 Å². The van der Waals surface area contributed by atoms with Gasteiger partial charge in [-0.05, 0) is 28.8 Å². The third-order valence-electron chi connectivity index (χ3n) is 3.56. The zero-order valence-corrected chi connectivity index (χ0v) is 12.3. The van der Waals surface area contributed by atoms with Crippen LogP contribution in [0.25, 0.3) is 0 Å². The van der Waals surface area contributed by atoms with Crippen molar-refractivity contribution < 1.29 is 9.53 Å². The lowest BCUT2D eigenvalue weighted by Gasteiger charge is -2.26. The molecule has 1 N–H and O–H groups in total. The molecule has 0 radical (unpaired) electrons. The van der Waals surface area contributed by atoms with Crippen molar-refractivity contribution in [3.05, 3.63) is 70.2 Å². The molecule has 0 aromatic heterocycles. The zero-order chi connectivity index (χ0) is 14.7. The molecule has 0 saturated heterocycles. The molecule has 0 bridgehead atoms. The van der Waals surface area contributed by atoms with E-state index in [9.17, 15) is 4.79 Å². The second-order valence-electron chi connectivity index (χ2n) is 5.14. The van der Waals surface area contributed by atoms with Crippen LogP contribution in [-0.4, -0.2) is 12.5 Å². The maximum atomic E-state index is 12.2. The molecule has 3 nitrogen and oxygen atoms in total. The van der Waals surface area contributed by atoms with Gasteiger partial charge >= 0.3 is 0 Å². The summed E-state index contributed by atoms with van der Waals surface area (Å²) < 4.78 is 5.54. The Kier molecular flexibility index (Phi) is 4.23. The first-order valence-corrected chi connectivity index (χ1v) is 7.29. The Balaban J connectivity index is 1.68. The summed E-state index contributed by atoms with van der Waals surface area (Å²) in [5.41, 5.74) is 3.19. The minimum absolute atomic E-state index is 0.0254. The molecule has 1 heterocycles. The molecule has 0 saturated carbocycles. The second kappa shape index (κ2) is 6.29. The Labute approximate surface area is 128 Å². The third-order valence-corrected chi connectivity index (χ3v) is 3.80. The quantitative estimate of drug-likeness (QED) is 0.945. The normalized spacial score (nSPS) is 17.1. The molecule has 1 atom stereocenters. The number of amides is 1. The Morgan fingerprint density at radius 2 is 2.10 bits per heavy atom. The number of carbonyl (C=O) groups excluding carboxylic acids is 1. The van der Waals surface area contributed by atoms with Gasteiger partial charge in [-0.15, -0.1) is 0 Å². The highest BCUT2D eigenvalue weighted by Gasteiger charge is 2.21. The van der Waals surface area contributed by atoms with Crippen molar-refractivity contribution in [2.45, 2.75) is 19.1 Å². The van der Waals surface area contributed by atoms with Gasteiger partial charge in [0, 0.05) is 5.02 Å². The highest BCUT2D eigenvalue weighted by atomic mass is 35.5. The number of fused-ring (bicyclic) bond motifs is 1. The minimum Gasteiger partial charge on any atom is -0.374 e.